The van der Waals surface area contributed by atoms with Gasteiger partial charge in [-0.15, -0.1) is 0 Å². The molecule has 4 heteroatoms. The molecule has 1 aromatic heterocycles. The lowest BCUT2D eigenvalue weighted by molar-refractivity contribution is 0.158. The number of fused-ring (bicyclic) bond motifs is 1. The molecule has 3 rings (SSSR count). The van der Waals surface area contributed by atoms with Crippen LogP contribution in [0.5, 0.6) is 5.75 Å². The van der Waals surface area contributed by atoms with Gasteiger partial charge >= 0.3 is 0 Å². The molecule has 0 spiro atoms. The van der Waals surface area contributed by atoms with Gasteiger partial charge in [-0.1, -0.05) is 0 Å². The first-order valence-corrected chi connectivity index (χ1v) is 8.22. The summed E-state index contributed by atoms with van der Waals surface area (Å²) in [6, 6.07) is 6.14. The van der Waals surface area contributed by atoms with Gasteiger partial charge in [-0.25, -0.2) is 0 Å². The van der Waals surface area contributed by atoms with Crippen molar-refractivity contribution < 1.29 is 9.84 Å². The van der Waals surface area contributed by atoms with Crippen LogP contribution < -0.4 is 10.5 Å². The van der Waals surface area contributed by atoms with Crippen LogP contribution in [0.4, 0.5) is 0 Å². The summed E-state index contributed by atoms with van der Waals surface area (Å²) in [6.07, 6.45) is 6.65. The molecule has 2 aromatic rings. The van der Waals surface area contributed by atoms with Crippen molar-refractivity contribution >= 4 is 10.9 Å². The van der Waals surface area contributed by atoms with Crippen molar-refractivity contribution in [1.29, 1.82) is 0 Å². The van der Waals surface area contributed by atoms with Crippen LogP contribution in [0.25, 0.3) is 10.9 Å². The van der Waals surface area contributed by atoms with Crippen LogP contribution in [-0.2, 0) is 0 Å². The summed E-state index contributed by atoms with van der Waals surface area (Å²) in [5.41, 5.74) is 8.58. The van der Waals surface area contributed by atoms with Crippen LogP contribution >= 0.6 is 0 Å². The molecule has 4 nitrogen and oxygen atoms in total. The highest BCUT2D eigenvalue weighted by molar-refractivity contribution is 5.85. The van der Waals surface area contributed by atoms with Crippen LogP contribution in [0.1, 0.15) is 37.2 Å². The monoisotopic (exact) mass is 302 g/mol. The summed E-state index contributed by atoms with van der Waals surface area (Å²) >= 11 is 0. The third-order valence-corrected chi connectivity index (χ3v) is 5.29. The third kappa shape index (κ3) is 2.85. The Hall–Kier alpha value is -1.52. The Kier molecular flexibility index (Phi) is 4.69. The molecule has 0 amide bonds. The van der Waals surface area contributed by atoms with Crippen LogP contribution in [-0.4, -0.2) is 30.4 Å². The number of aromatic amines is 1. The molecule has 1 aromatic carbocycles. The zero-order valence-corrected chi connectivity index (χ0v) is 13.2. The predicted octanol–water partition coefficient (Wildman–Crippen LogP) is 3.02. The second-order valence-electron chi connectivity index (χ2n) is 6.46. The number of benzene rings is 1. The van der Waals surface area contributed by atoms with E-state index in [2.05, 4.69) is 23.3 Å². The minimum Gasteiger partial charge on any atom is -0.497 e. The zero-order chi connectivity index (χ0) is 15.5. The van der Waals surface area contributed by atoms with Crippen molar-refractivity contribution in [2.75, 3.05) is 20.3 Å². The summed E-state index contributed by atoms with van der Waals surface area (Å²) in [5, 5.41) is 10.5. The Morgan fingerprint density at radius 2 is 2.09 bits per heavy atom. The van der Waals surface area contributed by atoms with E-state index in [1.807, 2.05) is 6.07 Å². The van der Waals surface area contributed by atoms with Crippen LogP contribution in [0.3, 0.4) is 0 Å². The molecule has 1 saturated carbocycles. The maximum atomic E-state index is 9.31. The number of aliphatic hydroxyl groups excluding tert-OH is 1. The number of aromatic nitrogens is 1. The lowest BCUT2D eigenvalue weighted by atomic mass is 9.73. The van der Waals surface area contributed by atoms with Gasteiger partial charge in [0.1, 0.15) is 5.75 Å². The van der Waals surface area contributed by atoms with Gasteiger partial charge in [0.05, 0.1) is 7.11 Å². The number of aliphatic hydroxyl groups is 1. The number of ether oxygens (including phenoxy) is 1. The maximum absolute atomic E-state index is 9.31. The molecule has 1 unspecified atom stereocenters. The summed E-state index contributed by atoms with van der Waals surface area (Å²) < 4.78 is 5.36. The minimum absolute atomic E-state index is 0.324. The Balaban J connectivity index is 1.87. The number of hydrogen-bond acceptors (Lipinski definition) is 3. The first-order chi connectivity index (χ1) is 10.8. The molecule has 0 bridgehead atoms. The van der Waals surface area contributed by atoms with Gasteiger partial charge in [-0.3, -0.25) is 0 Å². The molecular formula is C18H26N2O2. The molecule has 22 heavy (non-hydrogen) atoms. The van der Waals surface area contributed by atoms with E-state index < -0.39 is 0 Å². The lowest BCUT2D eigenvalue weighted by Crippen LogP contribution is -2.26. The summed E-state index contributed by atoms with van der Waals surface area (Å²) in [4.78, 5) is 3.36. The lowest BCUT2D eigenvalue weighted by Gasteiger charge is -2.32. The molecule has 4 N–H and O–H groups in total. The topological polar surface area (TPSA) is 71.3 Å². The van der Waals surface area contributed by atoms with E-state index >= 15 is 0 Å². The van der Waals surface area contributed by atoms with Crippen molar-refractivity contribution in [3.63, 3.8) is 0 Å². The van der Waals surface area contributed by atoms with Gasteiger partial charge < -0.3 is 20.6 Å². The molecule has 1 fully saturated rings. The SMILES string of the molecule is COc1ccc2[nH]cc(C(CN)C3CCC(CO)CC3)c2c1. The maximum Gasteiger partial charge on any atom is 0.119 e. The number of methoxy groups -OCH3 is 1. The number of nitrogens with one attached hydrogen (secondary N) is 1. The minimum atomic E-state index is 0.324. The van der Waals surface area contributed by atoms with Gasteiger partial charge in [0.2, 0.25) is 0 Å². The number of nitrogens with two attached hydrogens (primary N) is 1. The first kappa shape index (κ1) is 15.4. The number of rotatable bonds is 5. The van der Waals surface area contributed by atoms with Gasteiger partial charge in [0.15, 0.2) is 0 Å². The van der Waals surface area contributed by atoms with Crippen molar-refractivity contribution in [3.8, 4) is 5.75 Å². The average molecular weight is 302 g/mol. The Labute approximate surface area is 131 Å². The van der Waals surface area contributed by atoms with Crippen molar-refractivity contribution in [2.24, 2.45) is 17.6 Å². The highest BCUT2D eigenvalue weighted by atomic mass is 16.5. The summed E-state index contributed by atoms with van der Waals surface area (Å²) in [5.74, 6) is 2.35. The second kappa shape index (κ2) is 6.71. The molecule has 1 aliphatic rings. The Morgan fingerprint density at radius 3 is 2.73 bits per heavy atom. The van der Waals surface area contributed by atoms with Gasteiger partial charge in [0, 0.05) is 29.6 Å². The largest absolute Gasteiger partial charge is 0.497 e. The zero-order valence-electron chi connectivity index (χ0n) is 13.2. The summed E-state index contributed by atoms with van der Waals surface area (Å²) in [7, 11) is 1.70. The van der Waals surface area contributed by atoms with Gasteiger partial charge in [-0.2, -0.15) is 0 Å². The normalized spacial score (nSPS) is 23.6. The van der Waals surface area contributed by atoms with Crippen molar-refractivity contribution in [3.05, 3.63) is 30.0 Å². The van der Waals surface area contributed by atoms with E-state index in [1.54, 1.807) is 7.11 Å². The quantitative estimate of drug-likeness (QED) is 0.795. The van der Waals surface area contributed by atoms with Crippen LogP contribution in [0.2, 0.25) is 0 Å². The highest BCUT2D eigenvalue weighted by Gasteiger charge is 2.29. The average Bonchev–Trinajstić information content (AvgIpc) is 2.99. The van der Waals surface area contributed by atoms with E-state index in [0.29, 0.717) is 30.9 Å². The second-order valence-corrected chi connectivity index (χ2v) is 6.46. The highest BCUT2D eigenvalue weighted by Crippen LogP contribution is 2.40. The Bertz CT molecular complexity index is 615. The fourth-order valence-corrected chi connectivity index (χ4v) is 3.90. The van der Waals surface area contributed by atoms with E-state index in [9.17, 15) is 5.11 Å². The number of hydrogen-bond donors (Lipinski definition) is 3. The van der Waals surface area contributed by atoms with Crippen molar-refractivity contribution in [2.45, 2.75) is 31.6 Å². The molecule has 0 radical (unpaired) electrons. The molecule has 1 aliphatic carbocycles. The van der Waals surface area contributed by atoms with E-state index in [4.69, 9.17) is 10.5 Å². The fraction of sp³-hybridized carbons (Fsp3) is 0.556. The molecule has 1 heterocycles. The third-order valence-electron chi connectivity index (χ3n) is 5.29. The predicted molar refractivity (Wildman–Crippen MR) is 89.2 cm³/mol. The van der Waals surface area contributed by atoms with E-state index in [0.717, 1.165) is 36.9 Å². The Morgan fingerprint density at radius 1 is 1.32 bits per heavy atom. The molecule has 1 atom stereocenters. The van der Waals surface area contributed by atoms with E-state index in [1.165, 1.54) is 10.9 Å². The molecule has 0 aliphatic heterocycles. The van der Waals surface area contributed by atoms with E-state index in [-0.39, 0.29) is 0 Å². The summed E-state index contributed by atoms with van der Waals surface area (Å²) in [6.45, 7) is 0.989. The first-order valence-electron chi connectivity index (χ1n) is 8.22. The standard InChI is InChI=1S/C18H26N2O2/c1-22-14-6-7-18-15(8-14)17(10-20-18)16(9-19)13-4-2-12(11-21)3-5-13/h6-8,10,12-13,16,20-21H,2-5,9,11,19H2,1H3. The molecule has 0 saturated heterocycles. The van der Waals surface area contributed by atoms with Gasteiger partial charge in [-0.05, 0) is 67.8 Å². The molecule has 120 valence electrons. The van der Waals surface area contributed by atoms with Gasteiger partial charge in [0.25, 0.3) is 0 Å². The molecular weight excluding hydrogens is 276 g/mol. The smallest absolute Gasteiger partial charge is 0.119 e. The number of H-pyrrole nitrogens is 1. The fourth-order valence-electron chi connectivity index (χ4n) is 3.90. The van der Waals surface area contributed by atoms with Crippen LogP contribution in [0, 0.1) is 11.8 Å². The van der Waals surface area contributed by atoms with Crippen molar-refractivity contribution in [1.82, 2.24) is 4.98 Å². The van der Waals surface area contributed by atoms with Crippen LogP contribution in [0.15, 0.2) is 24.4 Å².